The molecule has 0 aromatic heterocycles. The predicted molar refractivity (Wildman–Crippen MR) is 101 cm³/mol. The van der Waals surface area contributed by atoms with Crippen molar-refractivity contribution in [1.29, 1.82) is 0 Å². The molecule has 1 fully saturated rings. The molecule has 0 heterocycles. The lowest BCUT2D eigenvalue weighted by molar-refractivity contribution is -0.117. The molecule has 4 nitrogen and oxygen atoms in total. The number of anilines is 1. The number of hydrogen-bond donors (Lipinski definition) is 2. The standard InChI is InChI=1S/C20H23ClN2O2/c21-16-7-3-5-14(11-16)13-25-19-10-2-1-9-18(19)23-20(24)12-15-6-4-8-17(15)22/h1-3,5,7,9-11,15,17H,4,6,8,12-13,22H2,(H,23,24)/t15-,17+/m0/s1. The molecule has 2 aromatic carbocycles. The molecule has 1 aliphatic carbocycles. The first-order valence-corrected chi connectivity index (χ1v) is 9.01. The summed E-state index contributed by atoms with van der Waals surface area (Å²) >= 11 is 6.00. The molecular weight excluding hydrogens is 336 g/mol. The Morgan fingerprint density at radius 3 is 2.80 bits per heavy atom. The smallest absolute Gasteiger partial charge is 0.224 e. The van der Waals surface area contributed by atoms with Gasteiger partial charge in [-0.05, 0) is 48.6 Å². The number of hydrogen-bond acceptors (Lipinski definition) is 3. The molecule has 1 aliphatic rings. The zero-order chi connectivity index (χ0) is 17.6. The largest absolute Gasteiger partial charge is 0.487 e. The van der Waals surface area contributed by atoms with E-state index in [4.69, 9.17) is 22.1 Å². The second kappa shape index (κ2) is 8.37. The van der Waals surface area contributed by atoms with Crippen molar-refractivity contribution in [1.82, 2.24) is 0 Å². The van der Waals surface area contributed by atoms with Gasteiger partial charge in [-0.15, -0.1) is 0 Å². The summed E-state index contributed by atoms with van der Waals surface area (Å²) in [6.07, 6.45) is 3.61. The highest BCUT2D eigenvalue weighted by atomic mass is 35.5. The van der Waals surface area contributed by atoms with Crippen molar-refractivity contribution in [2.45, 2.75) is 38.3 Å². The maximum Gasteiger partial charge on any atom is 0.224 e. The van der Waals surface area contributed by atoms with Crippen LogP contribution in [0.4, 0.5) is 5.69 Å². The average molecular weight is 359 g/mol. The summed E-state index contributed by atoms with van der Waals surface area (Å²) in [5.74, 6) is 0.909. The van der Waals surface area contributed by atoms with Crippen molar-refractivity contribution < 1.29 is 9.53 Å². The van der Waals surface area contributed by atoms with Crippen LogP contribution in [0.2, 0.25) is 5.02 Å². The zero-order valence-electron chi connectivity index (χ0n) is 14.1. The summed E-state index contributed by atoms with van der Waals surface area (Å²) in [5.41, 5.74) is 7.72. The molecule has 3 rings (SSSR count). The van der Waals surface area contributed by atoms with Gasteiger partial charge in [0, 0.05) is 17.5 Å². The molecule has 5 heteroatoms. The Hall–Kier alpha value is -2.04. The summed E-state index contributed by atoms with van der Waals surface area (Å²) in [7, 11) is 0. The Balaban J connectivity index is 1.61. The van der Waals surface area contributed by atoms with Crippen molar-refractivity contribution in [3.63, 3.8) is 0 Å². The lowest BCUT2D eigenvalue weighted by atomic mass is 10.00. The van der Waals surface area contributed by atoms with E-state index in [-0.39, 0.29) is 17.9 Å². The number of halogens is 1. The van der Waals surface area contributed by atoms with Gasteiger partial charge >= 0.3 is 0 Å². The summed E-state index contributed by atoms with van der Waals surface area (Å²) in [5, 5.41) is 3.64. The van der Waals surface area contributed by atoms with Crippen molar-refractivity contribution >= 4 is 23.2 Å². The van der Waals surface area contributed by atoms with Crippen molar-refractivity contribution in [2.75, 3.05) is 5.32 Å². The van der Waals surface area contributed by atoms with Gasteiger partial charge in [-0.3, -0.25) is 4.79 Å². The van der Waals surface area contributed by atoms with Gasteiger partial charge in [-0.2, -0.15) is 0 Å². The van der Waals surface area contributed by atoms with E-state index in [2.05, 4.69) is 5.32 Å². The molecule has 1 saturated carbocycles. The molecule has 0 bridgehead atoms. The number of ether oxygens (including phenoxy) is 1. The van der Waals surface area contributed by atoms with Crippen LogP contribution < -0.4 is 15.8 Å². The Labute approximate surface area is 153 Å². The minimum Gasteiger partial charge on any atom is -0.487 e. The van der Waals surface area contributed by atoms with Crippen LogP contribution in [0.15, 0.2) is 48.5 Å². The Bertz CT molecular complexity index is 735. The predicted octanol–water partition coefficient (Wildman–Crippen LogP) is 4.38. The highest BCUT2D eigenvalue weighted by Gasteiger charge is 2.26. The van der Waals surface area contributed by atoms with Crippen LogP contribution in [-0.4, -0.2) is 11.9 Å². The van der Waals surface area contributed by atoms with E-state index in [1.807, 2.05) is 48.5 Å². The van der Waals surface area contributed by atoms with Gasteiger partial charge in [0.05, 0.1) is 5.69 Å². The van der Waals surface area contributed by atoms with Crippen LogP contribution in [0.3, 0.4) is 0 Å². The lowest BCUT2D eigenvalue weighted by Gasteiger charge is -2.16. The van der Waals surface area contributed by atoms with E-state index in [1.165, 1.54) is 0 Å². The summed E-state index contributed by atoms with van der Waals surface area (Å²) in [6, 6.07) is 15.1. The molecule has 0 spiro atoms. The average Bonchev–Trinajstić information content (AvgIpc) is 2.99. The lowest BCUT2D eigenvalue weighted by Crippen LogP contribution is -2.28. The van der Waals surface area contributed by atoms with Crippen LogP contribution >= 0.6 is 11.6 Å². The second-order valence-corrected chi connectivity index (χ2v) is 6.96. The van der Waals surface area contributed by atoms with E-state index in [1.54, 1.807) is 0 Å². The molecule has 2 aromatic rings. The van der Waals surface area contributed by atoms with E-state index in [0.717, 1.165) is 24.8 Å². The first-order chi connectivity index (χ1) is 12.1. The minimum atomic E-state index is -0.0128. The van der Waals surface area contributed by atoms with Crippen molar-refractivity contribution in [3.05, 3.63) is 59.1 Å². The van der Waals surface area contributed by atoms with Crippen LogP contribution in [0, 0.1) is 5.92 Å². The Morgan fingerprint density at radius 2 is 2.04 bits per heavy atom. The SMILES string of the molecule is N[C@@H]1CCC[C@H]1CC(=O)Nc1ccccc1OCc1cccc(Cl)c1. The van der Waals surface area contributed by atoms with Gasteiger partial charge in [0.2, 0.25) is 5.91 Å². The van der Waals surface area contributed by atoms with Gasteiger partial charge in [0.15, 0.2) is 0 Å². The summed E-state index contributed by atoms with van der Waals surface area (Å²) in [4.78, 5) is 12.3. The Morgan fingerprint density at radius 1 is 1.20 bits per heavy atom. The minimum absolute atomic E-state index is 0.0128. The van der Waals surface area contributed by atoms with Gasteiger partial charge < -0.3 is 15.8 Å². The fraction of sp³-hybridized carbons (Fsp3) is 0.350. The maximum atomic E-state index is 12.3. The number of nitrogens with one attached hydrogen (secondary N) is 1. The second-order valence-electron chi connectivity index (χ2n) is 6.52. The zero-order valence-corrected chi connectivity index (χ0v) is 14.8. The molecule has 132 valence electrons. The molecule has 0 saturated heterocycles. The third kappa shape index (κ3) is 4.97. The highest BCUT2D eigenvalue weighted by molar-refractivity contribution is 6.30. The quantitative estimate of drug-likeness (QED) is 0.805. The third-order valence-electron chi connectivity index (χ3n) is 4.61. The van der Waals surface area contributed by atoms with Crippen molar-refractivity contribution in [2.24, 2.45) is 11.7 Å². The third-order valence-corrected chi connectivity index (χ3v) is 4.85. The Kier molecular flexibility index (Phi) is 5.95. The molecule has 1 amide bonds. The molecular formula is C20H23ClN2O2. The fourth-order valence-electron chi connectivity index (χ4n) is 3.24. The van der Waals surface area contributed by atoms with Gasteiger partial charge in [0.1, 0.15) is 12.4 Å². The van der Waals surface area contributed by atoms with Crippen LogP contribution in [0.1, 0.15) is 31.2 Å². The maximum absolute atomic E-state index is 12.3. The van der Waals surface area contributed by atoms with E-state index in [0.29, 0.717) is 29.5 Å². The number of rotatable bonds is 6. The molecule has 0 aliphatic heterocycles. The van der Waals surface area contributed by atoms with E-state index in [9.17, 15) is 4.79 Å². The van der Waals surface area contributed by atoms with Gasteiger partial charge in [0.25, 0.3) is 0 Å². The molecule has 0 unspecified atom stereocenters. The van der Waals surface area contributed by atoms with Gasteiger partial charge in [-0.1, -0.05) is 42.3 Å². The summed E-state index contributed by atoms with van der Waals surface area (Å²) in [6.45, 7) is 0.390. The van der Waals surface area contributed by atoms with Gasteiger partial charge in [-0.25, -0.2) is 0 Å². The first kappa shape index (κ1) is 17.8. The van der Waals surface area contributed by atoms with E-state index < -0.39 is 0 Å². The van der Waals surface area contributed by atoms with Crippen LogP contribution in [0.25, 0.3) is 0 Å². The monoisotopic (exact) mass is 358 g/mol. The highest BCUT2D eigenvalue weighted by Crippen LogP contribution is 2.29. The van der Waals surface area contributed by atoms with Crippen LogP contribution in [0.5, 0.6) is 5.75 Å². The first-order valence-electron chi connectivity index (χ1n) is 8.63. The molecule has 3 N–H and O–H groups in total. The number of nitrogens with two attached hydrogens (primary N) is 1. The van der Waals surface area contributed by atoms with Crippen LogP contribution in [-0.2, 0) is 11.4 Å². The number of carbonyl (C=O) groups is 1. The normalized spacial score (nSPS) is 19.6. The molecule has 0 radical (unpaired) electrons. The summed E-state index contributed by atoms with van der Waals surface area (Å²) < 4.78 is 5.87. The fourth-order valence-corrected chi connectivity index (χ4v) is 3.45. The topological polar surface area (TPSA) is 64.4 Å². The van der Waals surface area contributed by atoms with E-state index >= 15 is 0 Å². The number of para-hydroxylation sites is 2. The van der Waals surface area contributed by atoms with Crippen molar-refractivity contribution in [3.8, 4) is 5.75 Å². The number of amides is 1. The molecule has 2 atom stereocenters. The molecule has 25 heavy (non-hydrogen) atoms. The number of carbonyl (C=O) groups excluding carboxylic acids is 1. The number of benzene rings is 2.